The van der Waals surface area contributed by atoms with Crippen molar-refractivity contribution >= 4 is 50.6 Å². The third kappa shape index (κ3) is 3.89. The Labute approximate surface area is 142 Å². The van der Waals surface area contributed by atoms with Gasteiger partial charge in [0.2, 0.25) is 5.91 Å². The molecule has 0 saturated carbocycles. The number of aliphatic imine (C=N–C) groups is 1. The molecule has 1 amide bonds. The lowest BCUT2D eigenvalue weighted by molar-refractivity contribution is -0.129. The van der Waals surface area contributed by atoms with Gasteiger partial charge in [-0.1, -0.05) is 0 Å². The quantitative estimate of drug-likeness (QED) is 0.489. The fourth-order valence-corrected chi connectivity index (χ4v) is 3.09. The SMILES string of the molecule is CC(=O)N1CCN(c2c(F)cc(N=C(N)CCl)cc2Br)CC1. The van der Waals surface area contributed by atoms with Crippen LogP contribution in [0.5, 0.6) is 0 Å². The smallest absolute Gasteiger partial charge is 0.219 e. The van der Waals surface area contributed by atoms with Gasteiger partial charge in [-0.3, -0.25) is 4.79 Å². The van der Waals surface area contributed by atoms with Crippen LogP contribution < -0.4 is 10.6 Å². The minimum atomic E-state index is -0.383. The molecule has 22 heavy (non-hydrogen) atoms. The zero-order valence-corrected chi connectivity index (χ0v) is 14.5. The Kier molecular flexibility index (Phi) is 5.63. The van der Waals surface area contributed by atoms with E-state index in [0.29, 0.717) is 42.0 Å². The average Bonchev–Trinajstić information content (AvgIpc) is 2.47. The number of amides is 1. The molecule has 1 heterocycles. The summed E-state index contributed by atoms with van der Waals surface area (Å²) in [7, 11) is 0. The van der Waals surface area contributed by atoms with Crippen LogP contribution in [0.4, 0.5) is 15.8 Å². The lowest BCUT2D eigenvalue weighted by atomic mass is 10.2. The summed E-state index contributed by atoms with van der Waals surface area (Å²) in [4.78, 5) is 19.0. The Balaban J connectivity index is 2.21. The van der Waals surface area contributed by atoms with Crippen LogP contribution in [-0.2, 0) is 4.79 Å². The minimum Gasteiger partial charge on any atom is -0.386 e. The van der Waals surface area contributed by atoms with Gasteiger partial charge in [0, 0.05) is 43.6 Å². The van der Waals surface area contributed by atoms with Crippen LogP contribution in [0.2, 0.25) is 0 Å². The summed E-state index contributed by atoms with van der Waals surface area (Å²) < 4.78 is 15.0. The van der Waals surface area contributed by atoms with E-state index in [-0.39, 0.29) is 23.4 Å². The van der Waals surface area contributed by atoms with Crippen molar-refractivity contribution in [2.45, 2.75) is 6.92 Å². The third-order valence-electron chi connectivity index (χ3n) is 3.45. The molecule has 1 aromatic carbocycles. The van der Waals surface area contributed by atoms with Gasteiger partial charge in [0.25, 0.3) is 0 Å². The zero-order chi connectivity index (χ0) is 16.3. The number of rotatable bonds is 3. The van der Waals surface area contributed by atoms with Crippen molar-refractivity contribution in [2.24, 2.45) is 10.7 Å². The molecule has 0 atom stereocenters. The number of carbonyl (C=O) groups is 1. The van der Waals surface area contributed by atoms with Crippen molar-refractivity contribution in [1.29, 1.82) is 0 Å². The number of amidine groups is 1. The van der Waals surface area contributed by atoms with E-state index in [4.69, 9.17) is 17.3 Å². The van der Waals surface area contributed by atoms with Crippen LogP contribution in [0.1, 0.15) is 6.92 Å². The second-order valence-electron chi connectivity index (χ2n) is 4.99. The first kappa shape index (κ1) is 17.0. The molecule has 2 rings (SSSR count). The second-order valence-corrected chi connectivity index (χ2v) is 6.11. The summed E-state index contributed by atoms with van der Waals surface area (Å²) in [6, 6.07) is 3.03. The number of anilines is 1. The number of benzene rings is 1. The van der Waals surface area contributed by atoms with Gasteiger partial charge in [-0.25, -0.2) is 9.38 Å². The number of nitrogens with two attached hydrogens (primary N) is 1. The van der Waals surface area contributed by atoms with Crippen LogP contribution in [0.25, 0.3) is 0 Å². The van der Waals surface area contributed by atoms with Gasteiger partial charge in [-0.05, 0) is 22.0 Å². The normalized spacial score (nSPS) is 16.1. The van der Waals surface area contributed by atoms with Gasteiger partial charge in [0.15, 0.2) is 0 Å². The lowest BCUT2D eigenvalue weighted by Gasteiger charge is -2.36. The maximum Gasteiger partial charge on any atom is 0.219 e. The van der Waals surface area contributed by atoms with Crippen LogP contribution in [-0.4, -0.2) is 48.7 Å². The minimum absolute atomic E-state index is 0.0421. The van der Waals surface area contributed by atoms with Crippen molar-refractivity contribution in [3.63, 3.8) is 0 Å². The molecule has 1 aliphatic heterocycles. The Morgan fingerprint density at radius 1 is 1.41 bits per heavy atom. The molecule has 0 bridgehead atoms. The molecule has 0 aromatic heterocycles. The first-order valence-corrected chi connectivity index (χ1v) is 8.13. The number of hydrogen-bond acceptors (Lipinski definition) is 3. The predicted molar refractivity (Wildman–Crippen MR) is 90.6 cm³/mol. The zero-order valence-electron chi connectivity index (χ0n) is 12.2. The van der Waals surface area contributed by atoms with Crippen molar-refractivity contribution < 1.29 is 9.18 Å². The van der Waals surface area contributed by atoms with E-state index in [1.54, 1.807) is 17.9 Å². The molecule has 5 nitrogen and oxygen atoms in total. The monoisotopic (exact) mass is 390 g/mol. The number of halogens is 3. The summed E-state index contributed by atoms with van der Waals surface area (Å²) in [5.41, 5.74) is 6.45. The highest BCUT2D eigenvalue weighted by molar-refractivity contribution is 9.10. The maximum atomic E-state index is 14.4. The van der Waals surface area contributed by atoms with Crippen LogP contribution in [0.3, 0.4) is 0 Å². The summed E-state index contributed by atoms with van der Waals surface area (Å²) >= 11 is 8.96. The summed E-state index contributed by atoms with van der Waals surface area (Å²) in [6.07, 6.45) is 0. The Morgan fingerprint density at radius 2 is 2.05 bits per heavy atom. The molecule has 120 valence electrons. The van der Waals surface area contributed by atoms with Crippen molar-refractivity contribution in [3.8, 4) is 0 Å². The standard InChI is InChI=1S/C14H17BrClFN4O/c1-9(22)20-2-4-21(5-3-20)14-11(15)6-10(7-12(14)17)19-13(18)8-16/h6-7H,2-5,8H2,1H3,(H2,18,19). The Hall–Kier alpha value is -1.34. The summed E-state index contributed by atoms with van der Waals surface area (Å²) in [5, 5.41) is 0. The summed E-state index contributed by atoms with van der Waals surface area (Å²) in [5.74, 6) is -0.0171. The average molecular weight is 392 g/mol. The molecular weight excluding hydrogens is 375 g/mol. The first-order chi connectivity index (χ1) is 10.4. The van der Waals surface area contributed by atoms with Gasteiger partial charge in [0.05, 0.1) is 17.3 Å². The topological polar surface area (TPSA) is 61.9 Å². The second kappa shape index (κ2) is 7.28. The van der Waals surface area contributed by atoms with Gasteiger partial charge in [0.1, 0.15) is 11.7 Å². The predicted octanol–water partition coefficient (Wildman–Crippen LogP) is 2.48. The Bertz CT molecular complexity index is 580. The van der Waals surface area contributed by atoms with Gasteiger partial charge in [-0.15, -0.1) is 11.6 Å². The van der Waals surface area contributed by atoms with Crippen molar-refractivity contribution in [2.75, 3.05) is 37.0 Å². The number of nitrogens with zero attached hydrogens (tertiary/aromatic N) is 3. The molecule has 1 aliphatic rings. The van der Waals surface area contributed by atoms with E-state index in [1.807, 2.05) is 4.90 Å². The highest BCUT2D eigenvalue weighted by atomic mass is 79.9. The van der Waals surface area contributed by atoms with E-state index in [0.717, 1.165) is 0 Å². The Morgan fingerprint density at radius 3 is 2.55 bits per heavy atom. The molecule has 2 N–H and O–H groups in total. The number of piperazine rings is 1. The van der Waals surface area contributed by atoms with Crippen LogP contribution >= 0.6 is 27.5 Å². The molecule has 0 aliphatic carbocycles. The van der Waals surface area contributed by atoms with E-state index in [2.05, 4.69) is 20.9 Å². The first-order valence-electron chi connectivity index (χ1n) is 6.81. The highest BCUT2D eigenvalue weighted by Gasteiger charge is 2.23. The van der Waals surface area contributed by atoms with Gasteiger partial charge in [-0.2, -0.15) is 0 Å². The fraction of sp³-hybridized carbons (Fsp3) is 0.429. The van der Waals surface area contributed by atoms with Crippen molar-refractivity contribution in [3.05, 3.63) is 22.4 Å². The van der Waals surface area contributed by atoms with Crippen molar-refractivity contribution in [1.82, 2.24) is 4.90 Å². The molecule has 8 heteroatoms. The van der Waals surface area contributed by atoms with E-state index in [1.165, 1.54) is 6.07 Å². The third-order valence-corrected chi connectivity index (χ3v) is 4.33. The molecular formula is C14H17BrClFN4O. The van der Waals surface area contributed by atoms with E-state index in [9.17, 15) is 9.18 Å². The number of carbonyl (C=O) groups excluding carboxylic acids is 1. The van der Waals surface area contributed by atoms with Gasteiger partial charge >= 0.3 is 0 Å². The highest BCUT2D eigenvalue weighted by Crippen LogP contribution is 2.34. The molecule has 0 radical (unpaired) electrons. The lowest BCUT2D eigenvalue weighted by Crippen LogP contribution is -2.48. The summed E-state index contributed by atoms with van der Waals surface area (Å²) in [6.45, 7) is 3.88. The molecule has 1 aromatic rings. The largest absolute Gasteiger partial charge is 0.386 e. The van der Waals surface area contributed by atoms with E-state index < -0.39 is 0 Å². The molecule has 0 spiro atoms. The maximum absolute atomic E-state index is 14.4. The van der Waals surface area contributed by atoms with Crippen LogP contribution in [0.15, 0.2) is 21.6 Å². The molecule has 0 unspecified atom stereocenters. The molecule has 1 saturated heterocycles. The fourth-order valence-electron chi connectivity index (χ4n) is 2.36. The van der Waals surface area contributed by atoms with Crippen LogP contribution in [0, 0.1) is 5.82 Å². The number of alkyl halides is 1. The van der Waals surface area contributed by atoms with Gasteiger partial charge < -0.3 is 15.5 Å². The molecule has 1 fully saturated rings. The number of hydrogen-bond donors (Lipinski definition) is 1. The van der Waals surface area contributed by atoms with E-state index >= 15 is 0 Å².